The van der Waals surface area contributed by atoms with Crippen LogP contribution in [0.1, 0.15) is 46.5 Å². The minimum atomic E-state index is 0.597. The topological polar surface area (TPSA) is 21.3 Å². The third-order valence-electron chi connectivity index (χ3n) is 3.54. The second kappa shape index (κ2) is 7.24. The van der Waals surface area contributed by atoms with Crippen molar-refractivity contribution in [3.8, 4) is 0 Å². The summed E-state index contributed by atoms with van der Waals surface area (Å²) in [5.74, 6) is 1.56. The maximum absolute atomic E-state index is 5.69. The third-order valence-corrected chi connectivity index (χ3v) is 3.54. The molecule has 1 aliphatic carbocycles. The maximum atomic E-state index is 5.69. The summed E-state index contributed by atoms with van der Waals surface area (Å²) in [6.07, 6.45) is 5.60. The van der Waals surface area contributed by atoms with Gasteiger partial charge in [0.25, 0.3) is 0 Å². The predicted molar refractivity (Wildman–Crippen MR) is 65.1 cm³/mol. The van der Waals surface area contributed by atoms with Gasteiger partial charge in [0.05, 0.1) is 6.61 Å². The van der Waals surface area contributed by atoms with Crippen LogP contribution >= 0.6 is 0 Å². The summed E-state index contributed by atoms with van der Waals surface area (Å²) in [7, 11) is 0. The number of hydrogen-bond acceptors (Lipinski definition) is 2. The first-order chi connectivity index (χ1) is 7.20. The highest BCUT2D eigenvalue weighted by atomic mass is 16.5. The number of rotatable bonds is 7. The maximum Gasteiger partial charge on any atom is 0.0591 e. The fourth-order valence-electron chi connectivity index (χ4n) is 2.02. The molecule has 0 spiro atoms. The van der Waals surface area contributed by atoms with Gasteiger partial charge in [-0.2, -0.15) is 0 Å². The molecule has 1 unspecified atom stereocenters. The molecule has 0 bridgehead atoms. The van der Waals surface area contributed by atoms with E-state index in [1.54, 1.807) is 0 Å². The second-order valence-corrected chi connectivity index (χ2v) is 5.21. The zero-order valence-corrected chi connectivity index (χ0v) is 10.6. The highest BCUT2D eigenvalue weighted by molar-refractivity contribution is 4.67. The Balaban J connectivity index is 1.88. The van der Waals surface area contributed by atoms with Crippen LogP contribution in [0, 0.1) is 11.8 Å². The van der Waals surface area contributed by atoms with Gasteiger partial charge in [0.2, 0.25) is 0 Å². The van der Waals surface area contributed by atoms with Gasteiger partial charge in [-0.05, 0) is 31.6 Å². The SMILES string of the molecule is CC(C)C(C)NCCOCC1CCCC1. The van der Waals surface area contributed by atoms with Crippen LogP contribution in [0.4, 0.5) is 0 Å². The van der Waals surface area contributed by atoms with Crippen molar-refractivity contribution < 1.29 is 4.74 Å². The van der Waals surface area contributed by atoms with E-state index >= 15 is 0 Å². The Bertz CT molecular complexity index is 149. The molecule has 15 heavy (non-hydrogen) atoms. The van der Waals surface area contributed by atoms with E-state index in [9.17, 15) is 0 Å². The van der Waals surface area contributed by atoms with Crippen molar-refractivity contribution in [3.63, 3.8) is 0 Å². The van der Waals surface area contributed by atoms with Crippen LogP contribution < -0.4 is 5.32 Å². The first kappa shape index (κ1) is 13.0. The molecule has 1 rings (SSSR count). The summed E-state index contributed by atoms with van der Waals surface area (Å²) in [5, 5.41) is 3.48. The zero-order chi connectivity index (χ0) is 11.1. The van der Waals surface area contributed by atoms with E-state index < -0.39 is 0 Å². The number of ether oxygens (including phenoxy) is 1. The van der Waals surface area contributed by atoms with Gasteiger partial charge in [-0.1, -0.05) is 26.7 Å². The van der Waals surface area contributed by atoms with Crippen molar-refractivity contribution in [1.82, 2.24) is 5.32 Å². The van der Waals surface area contributed by atoms with Crippen molar-refractivity contribution in [2.75, 3.05) is 19.8 Å². The molecule has 1 saturated carbocycles. The third kappa shape index (κ3) is 5.53. The molecule has 0 aromatic carbocycles. The van der Waals surface area contributed by atoms with Crippen LogP contribution in [0.5, 0.6) is 0 Å². The van der Waals surface area contributed by atoms with Gasteiger partial charge in [0.1, 0.15) is 0 Å². The average molecular weight is 213 g/mol. The Morgan fingerprint density at radius 3 is 2.47 bits per heavy atom. The lowest BCUT2D eigenvalue weighted by Gasteiger charge is -2.17. The highest BCUT2D eigenvalue weighted by Gasteiger charge is 2.14. The normalized spacial score (nSPS) is 20.0. The van der Waals surface area contributed by atoms with Gasteiger partial charge < -0.3 is 10.1 Å². The van der Waals surface area contributed by atoms with Crippen LogP contribution in [0.25, 0.3) is 0 Å². The van der Waals surface area contributed by atoms with Crippen molar-refractivity contribution in [2.45, 2.75) is 52.5 Å². The fraction of sp³-hybridized carbons (Fsp3) is 1.00. The lowest BCUT2D eigenvalue weighted by Crippen LogP contribution is -2.33. The molecule has 0 saturated heterocycles. The summed E-state index contributed by atoms with van der Waals surface area (Å²) in [4.78, 5) is 0. The Labute approximate surface area is 94.8 Å². The molecule has 0 aliphatic heterocycles. The largest absolute Gasteiger partial charge is 0.380 e. The van der Waals surface area contributed by atoms with E-state index in [2.05, 4.69) is 26.1 Å². The van der Waals surface area contributed by atoms with Gasteiger partial charge in [0, 0.05) is 19.2 Å². The van der Waals surface area contributed by atoms with Crippen LogP contribution in [-0.2, 0) is 4.74 Å². The van der Waals surface area contributed by atoms with E-state index in [1.807, 2.05) is 0 Å². The van der Waals surface area contributed by atoms with Gasteiger partial charge in [-0.25, -0.2) is 0 Å². The first-order valence-corrected chi connectivity index (χ1v) is 6.51. The molecule has 1 atom stereocenters. The first-order valence-electron chi connectivity index (χ1n) is 6.51. The molecule has 90 valence electrons. The molecule has 0 aromatic rings. The Morgan fingerprint density at radius 1 is 1.20 bits per heavy atom. The standard InChI is InChI=1S/C13H27NO/c1-11(2)12(3)14-8-9-15-10-13-6-4-5-7-13/h11-14H,4-10H2,1-3H3. The van der Waals surface area contributed by atoms with Gasteiger partial charge >= 0.3 is 0 Å². The predicted octanol–water partition coefficient (Wildman–Crippen LogP) is 2.83. The van der Waals surface area contributed by atoms with Crippen LogP contribution in [0.3, 0.4) is 0 Å². The number of hydrogen-bond donors (Lipinski definition) is 1. The van der Waals surface area contributed by atoms with Crippen molar-refractivity contribution >= 4 is 0 Å². The monoisotopic (exact) mass is 213 g/mol. The Hall–Kier alpha value is -0.0800. The number of nitrogens with one attached hydrogen (secondary N) is 1. The van der Waals surface area contributed by atoms with Crippen LogP contribution in [0.2, 0.25) is 0 Å². The summed E-state index contributed by atoms with van der Waals surface area (Å²) in [5.41, 5.74) is 0. The second-order valence-electron chi connectivity index (χ2n) is 5.21. The molecular formula is C13H27NO. The van der Waals surface area contributed by atoms with E-state index in [-0.39, 0.29) is 0 Å². The van der Waals surface area contributed by atoms with Gasteiger partial charge in [-0.15, -0.1) is 0 Å². The molecule has 0 radical (unpaired) electrons. The minimum Gasteiger partial charge on any atom is -0.380 e. The van der Waals surface area contributed by atoms with Gasteiger partial charge in [0.15, 0.2) is 0 Å². The van der Waals surface area contributed by atoms with Gasteiger partial charge in [-0.3, -0.25) is 0 Å². The van der Waals surface area contributed by atoms with E-state index in [0.717, 1.165) is 25.7 Å². The van der Waals surface area contributed by atoms with E-state index in [0.29, 0.717) is 12.0 Å². The molecule has 2 heteroatoms. The lowest BCUT2D eigenvalue weighted by atomic mass is 10.1. The average Bonchev–Trinajstić information content (AvgIpc) is 2.69. The molecular weight excluding hydrogens is 186 g/mol. The smallest absolute Gasteiger partial charge is 0.0591 e. The summed E-state index contributed by atoms with van der Waals surface area (Å²) < 4.78 is 5.69. The molecule has 1 aliphatic rings. The summed E-state index contributed by atoms with van der Waals surface area (Å²) in [6, 6.07) is 0.597. The molecule has 0 amide bonds. The lowest BCUT2D eigenvalue weighted by molar-refractivity contribution is 0.101. The van der Waals surface area contributed by atoms with Crippen molar-refractivity contribution in [1.29, 1.82) is 0 Å². The molecule has 1 N–H and O–H groups in total. The molecule has 0 heterocycles. The fourth-order valence-corrected chi connectivity index (χ4v) is 2.02. The van der Waals surface area contributed by atoms with Crippen LogP contribution in [-0.4, -0.2) is 25.8 Å². The van der Waals surface area contributed by atoms with Crippen LogP contribution in [0.15, 0.2) is 0 Å². The van der Waals surface area contributed by atoms with Crippen molar-refractivity contribution in [2.24, 2.45) is 11.8 Å². The Morgan fingerprint density at radius 2 is 1.87 bits per heavy atom. The molecule has 2 nitrogen and oxygen atoms in total. The minimum absolute atomic E-state index is 0.597. The van der Waals surface area contributed by atoms with E-state index in [4.69, 9.17) is 4.74 Å². The zero-order valence-electron chi connectivity index (χ0n) is 10.6. The van der Waals surface area contributed by atoms with Crippen molar-refractivity contribution in [3.05, 3.63) is 0 Å². The molecule has 1 fully saturated rings. The Kier molecular flexibility index (Phi) is 6.26. The quantitative estimate of drug-likeness (QED) is 0.657. The highest BCUT2D eigenvalue weighted by Crippen LogP contribution is 2.24. The van der Waals surface area contributed by atoms with E-state index in [1.165, 1.54) is 25.7 Å². The molecule has 0 aromatic heterocycles. The summed E-state index contributed by atoms with van der Waals surface area (Å²) in [6.45, 7) is 9.58. The summed E-state index contributed by atoms with van der Waals surface area (Å²) >= 11 is 0.